The van der Waals surface area contributed by atoms with Crippen LogP contribution in [0.3, 0.4) is 0 Å². The summed E-state index contributed by atoms with van der Waals surface area (Å²) in [5, 5.41) is 8.48. The van der Waals surface area contributed by atoms with Crippen LogP contribution in [0, 0.1) is 5.92 Å². The molecule has 1 N–H and O–H groups in total. The molecular weight excluding hydrogens is 152 g/mol. The number of carbonyl (C=O) groups is 1. The molecule has 0 aliphatic rings. The quantitative estimate of drug-likeness (QED) is 0.644. The molecule has 0 heterocycles. The van der Waals surface area contributed by atoms with Crippen LogP contribution in [0.2, 0.25) is 0 Å². The van der Waals surface area contributed by atoms with Crippen molar-refractivity contribution < 1.29 is 9.90 Å². The number of carboxylic acid groups (broad SMARTS) is 1. The average Bonchev–Trinajstić information content (AvgIpc) is 1.98. The first-order chi connectivity index (χ1) is 5.57. The van der Waals surface area contributed by atoms with Crippen LogP contribution in [-0.2, 0) is 4.79 Å². The summed E-state index contributed by atoms with van der Waals surface area (Å²) in [6.45, 7) is 6.10. The summed E-state index contributed by atoms with van der Waals surface area (Å²) in [6.07, 6.45) is 4.74. The van der Waals surface area contributed by atoms with E-state index in [1.807, 2.05) is 6.92 Å². The molecule has 0 saturated heterocycles. The monoisotopic (exact) mass is 170 g/mol. The van der Waals surface area contributed by atoms with Gasteiger partial charge in [-0.3, -0.25) is 0 Å². The molecule has 0 aromatic heterocycles. The number of carboxylic acids is 1. The predicted octanol–water partition coefficient (Wildman–Crippen LogP) is 2.84. The molecule has 0 amide bonds. The van der Waals surface area contributed by atoms with E-state index in [4.69, 9.17) is 5.11 Å². The van der Waals surface area contributed by atoms with Crippen molar-refractivity contribution in [2.45, 2.75) is 40.0 Å². The van der Waals surface area contributed by atoms with Crippen LogP contribution in [0.25, 0.3) is 0 Å². The Morgan fingerprint density at radius 1 is 1.58 bits per heavy atom. The zero-order chi connectivity index (χ0) is 9.56. The second kappa shape index (κ2) is 5.81. The van der Waals surface area contributed by atoms with Gasteiger partial charge in [0.05, 0.1) is 0 Å². The van der Waals surface area contributed by atoms with Crippen molar-refractivity contribution >= 4 is 5.97 Å². The molecule has 0 aliphatic heterocycles. The summed E-state index contributed by atoms with van der Waals surface area (Å²) in [5.41, 5.74) is 0.968. The maximum Gasteiger partial charge on any atom is 0.328 e. The third-order valence-corrected chi connectivity index (χ3v) is 2.12. The summed E-state index contributed by atoms with van der Waals surface area (Å²) in [6, 6.07) is 0. The zero-order valence-electron chi connectivity index (χ0n) is 8.13. The second-order valence-corrected chi connectivity index (χ2v) is 3.27. The van der Waals surface area contributed by atoms with Gasteiger partial charge in [-0.15, -0.1) is 0 Å². The van der Waals surface area contributed by atoms with Crippen molar-refractivity contribution in [2.75, 3.05) is 0 Å². The van der Waals surface area contributed by atoms with E-state index in [9.17, 15) is 4.79 Å². The Hall–Kier alpha value is -0.790. The zero-order valence-corrected chi connectivity index (χ0v) is 8.13. The van der Waals surface area contributed by atoms with E-state index in [2.05, 4.69) is 13.8 Å². The van der Waals surface area contributed by atoms with Crippen LogP contribution < -0.4 is 0 Å². The number of hydrogen-bond acceptors (Lipinski definition) is 1. The van der Waals surface area contributed by atoms with Gasteiger partial charge < -0.3 is 5.11 Å². The lowest BCUT2D eigenvalue weighted by atomic mass is 9.96. The fourth-order valence-corrected chi connectivity index (χ4v) is 1.08. The molecule has 0 radical (unpaired) electrons. The number of allylic oxidation sites excluding steroid dienone is 1. The lowest BCUT2D eigenvalue weighted by Gasteiger charge is -2.09. The first-order valence-electron chi connectivity index (χ1n) is 4.49. The van der Waals surface area contributed by atoms with Gasteiger partial charge in [-0.05, 0) is 19.3 Å². The largest absolute Gasteiger partial charge is 0.478 e. The lowest BCUT2D eigenvalue weighted by Crippen LogP contribution is -1.99. The van der Waals surface area contributed by atoms with E-state index in [0.29, 0.717) is 5.92 Å². The van der Waals surface area contributed by atoms with Crippen molar-refractivity contribution in [3.8, 4) is 0 Å². The van der Waals surface area contributed by atoms with Gasteiger partial charge in [-0.2, -0.15) is 0 Å². The molecule has 0 saturated carbocycles. The molecule has 12 heavy (non-hydrogen) atoms. The Labute approximate surface area is 74.3 Å². The third-order valence-electron chi connectivity index (χ3n) is 2.12. The number of aliphatic carboxylic acids is 1. The third kappa shape index (κ3) is 4.94. The highest BCUT2D eigenvalue weighted by molar-refractivity contribution is 5.80. The van der Waals surface area contributed by atoms with Gasteiger partial charge in [0.1, 0.15) is 0 Å². The molecule has 1 atom stereocenters. The van der Waals surface area contributed by atoms with Crippen LogP contribution >= 0.6 is 0 Å². The smallest absolute Gasteiger partial charge is 0.328 e. The molecule has 0 aliphatic carbocycles. The molecular formula is C10H18O2. The SMILES string of the molecule is CCCCC(C)C(C)=CC(=O)O. The number of unbranched alkanes of at least 4 members (excludes halogenated alkanes) is 1. The van der Waals surface area contributed by atoms with Crippen LogP contribution in [-0.4, -0.2) is 11.1 Å². The van der Waals surface area contributed by atoms with Gasteiger partial charge in [0, 0.05) is 6.08 Å². The molecule has 0 bridgehead atoms. The molecule has 0 aromatic carbocycles. The van der Waals surface area contributed by atoms with Crippen molar-refractivity contribution in [3.05, 3.63) is 11.6 Å². The van der Waals surface area contributed by atoms with E-state index in [1.165, 1.54) is 18.9 Å². The van der Waals surface area contributed by atoms with Crippen molar-refractivity contribution in [1.82, 2.24) is 0 Å². The summed E-state index contributed by atoms with van der Waals surface area (Å²) < 4.78 is 0. The minimum absolute atomic E-state index is 0.404. The van der Waals surface area contributed by atoms with E-state index >= 15 is 0 Å². The first kappa shape index (κ1) is 11.2. The average molecular weight is 170 g/mol. The van der Waals surface area contributed by atoms with Gasteiger partial charge in [0.25, 0.3) is 0 Å². The maximum atomic E-state index is 10.3. The topological polar surface area (TPSA) is 37.3 Å². The van der Waals surface area contributed by atoms with Crippen molar-refractivity contribution in [1.29, 1.82) is 0 Å². The lowest BCUT2D eigenvalue weighted by molar-refractivity contribution is -0.131. The normalized spacial score (nSPS) is 14.4. The summed E-state index contributed by atoms with van der Waals surface area (Å²) in [7, 11) is 0. The minimum atomic E-state index is -0.837. The molecule has 2 nitrogen and oxygen atoms in total. The molecule has 0 spiro atoms. The number of hydrogen-bond donors (Lipinski definition) is 1. The van der Waals surface area contributed by atoms with Gasteiger partial charge in [-0.25, -0.2) is 4.79 Å². The minimum Gasteiger partial charge on any atom is -0.478 e. The van der Waals surface area contributed by atoms with Gasteiger partial charge >= 0.3 is 5.97 Å². The van der Waals surface area contributed by atoms with E-state index in [0.717, 1.165) is 12.0 Å². The molecule has 1 unspecified atom stereocenters. The van der Waals surface area contributed by atoms with Crippen LogP contribution in [0.4, 0.5) is 0 Å². The highest BCUT2D eigenvalue weighted by Gasteiger charge is 2.04. The Balaban J connectivity index is 3.91. The van der Waals surface area contributed by atoms with Crippen LogP contribution in [0.1, 0.15) is 40.0 Å². The van der Waals surface area contributed by atoms with E-state index < -0.39 is 5.97 Å². The van der Waals surface area contributed by atoms with Gasteiger partial charge in [0.2, 0.25) is 0 Å². The summed E-state index contributed by atoms with van der Waals surface area (Å²) in [5.74, 6) is -0.433. The molecule has 0 rings (SSSR count). The Morgan fingerprint density at radius 2 is 2.17 bits per heavy atom. The van der Waals surface area contributed by atoms with Crippen LogP contribution in [0.15, 0.2) is 11.6 Å². The predicted molar refractivity (Wildman–Crippen MR) is 50.1 cm³/mol. The van der Waals surface area contributed by atoms with E-state index in [1.54, 1.807) is 0 Å². The highest BCUT2D eigenvalue weighted by Crippen LogP contribution is 2.16. The molecule has 0 fully saturated rings. The Bertz CT molecular complexity index is 171. The van der Waals surface area contributed by atoms with E-state index in [-0.39, 0.29) is 0 Å². The second-order valence-electron chi connectivity index (χ2n) is 3.27. The standard InChI is InChI=1S/C10H18O2/c1-4-5-6-8(2)9(3)7-10(11)12/h7-8H,4-6H2,1-3H3,(H,11,12). The van der Waals surface area contributed by atoms with Crippen molar-refractivity contribution in [3.63, 3.8) is 0 Å². The Morgan fingerprint density at radius 3 is 2.58 bits per heavy atom. The first-order valence-corrected chi connectivity index (χ1v) is 4.49. The highest BCUT2D eigenvalue weighted by atomic mass is 16.4. The summed E-state index contributed by atoms with van der Waals surface area (Å²) >= 11 is 0. The fraction of sp³-hybridized carbons (Fsp3) is 0.700. The van der Waals surface area contributed by atoms with Crippen molar-refractivity contribution in [2.24, 2.45) is 5.92 Å². The summed E-state index contributed by atoms with van der Waals surface area (Å²) in [4.78, 5) is 10.3. The van der Waals surface area contributed by atoms with Crippen LogP contribution in [0.5, 0.6) is 0 Å². The molecule has 2 heteroatoms. The Kier molecular flexibility index (Phi) is 5.43. The number of rotatable bonds is 5. The van der Waals surface area contributed by atoms with Gasteiger partial charge in [-0.1, -0.05) is 32.3 Å². The molecule has 0 aromatic rings. The maximum absolute atomic E-state index is 10.3. The fourth-order valence-electron chi connectivity index (χ4n) is 1.08. The molecule has 70 valence electrons. The van der Waals surface area contributed by atoms with Gasteiger partial charge in [0.15, 0.2) is 0 Å².